The van der Waals surface area contributed by atoms with Crippen molar-refractivity contribution in [2.45, 2.75) is 121 Å². The van der Waals surface area contributed by atoms with Gasteiger partial charge in [-0.15, -0.1) is 0 Å². The van der Waals surface area contributed by atoms with Gasteiger partial charge in [0.15, 0.2) is 17.2 Å². The second kappa shape index (κ2) is 15.3. The number of phosphoric acid groups is 1. The van der Waals surface area contributed by atoms with Crippen molar-refractivity contribution in [3.63, 3.8) is 0 Å². The van der Waals surface area contributed by atoms with Crippen LogP contribution in [0.15, 0.2) is 12.7 Å². The lowest BCUT2D eigenvalue weighted by molar-refractivity contribution is -0.173. The Morgan fingerprint density at radius 2 is 1.57 bits per heavy atom. The molecule has 14 heteroatoms. The molecule has 0 amide bonds. The molecular weight excluding hydrogens is 541 g/mol. The maximum absolute atomic E-state index is 13.7. The molecule has 0 unspecified atom stereocenters. The summed E-state index contributed by atoms with van der Waals surface area (Å²) in [5.41, 5.74) is 4.03. The van der Waals surface area contributed by atoms with Crippen LogP contribution in [0.4, 0.5) is 5.82 Å². The summed E-state index contributed by atoms with van der Waals surface area (Å²) in [6.07, 6.45) is 12.4. The Balaban J connectivity index is 1.59. The molecule has 40 heavy (non-hydrogen) atoms. The van der Waals surface area contributed by atoms with E-state index < -0.39 is 44.2 Å². The topological polar surface area (TPSA) is 203 Å². The lowest BCUT2D eigenvalue weighted by atomic mass is 9.94. The van der Waals surface area contributed by atoms with E-state index in [2.05, 4.69) is 26.4 Å². The van der Waals surface area contributed by atoms with Gasteiger partial charge in [0.05, 0.1) is 6.61 Å². The van der Waals surface area contributed by atoms with Crippen LogP contribution >= 0.6 is 7.82 Å². The third-order valence-corrected chi connectivity index (χ3v) is 7.96. The number of imidazole rings is 1. The van der Waals surface area contributed by atoms with Crippen LogP contribution in [0.1, 0.15) is 96.8 Å². The number of phosphoric ester groups is 1. The van der Waals surface area contributed by atoms with Crippen LogP contribution < -0.4 is 5.73 Å². The Hall–Kier alpha value is -1.99. The first-order valence-corrected chi connectivity index (χ1v) is 15.9. The molecule has 13 nitrogen and oxygen atoms in total. The molecule has 4 atom stereocenters. The van der Waals surface area contributed by atoms with Crippen LogP contribution in [0, 0.1) is 0 Å². The molecule has 0 aliphatic carbocycles. The van der Waals surface area contributed by atoms with Crippen LogP contribution in [0.3, 0.4) is 0 Å². The quantitative estimate of drug-likeness (QED) is 0.119. The van der Waals surface area contributed by atoms with Gasteiger partial charge in [0.25, 0.3) is 0 Å². The summed E-state index contributed by atoms with van der Waals surface area (Å²) in [5.74, 6) is -0.477. The highest BCUT2D eigenvalue weighted by molar-refractivity contribution is 7.46. The average molecular weight is 586 g/mol. The largest absolute Gasteiger partial charge is 0.469 e. The molecule has 226 valence electrons. The molecule has 1 fully saturated rings. The fraction of sp³-hybridized carbons (Fsp3) is 0.769. The molecule has 0 aromatic carbocycles. The fourth-order valence-electron chi connectivity index (χ4n) is 5.25. The van der Waals surface area contributed by atoms with E-state index >= 15 is 0 Å². The van der Waals surface area contributed by atoms with Crippen LogP contribution in [0.25, 0.3) is 11.2 Å². The predicted molar refractivity (Wildman–Crippen MR) is 148 cm³/mol. The highest BCUT2D eigenvalue weighted by atomic mass is 31.2. The number of unbranched alkanes of at least 4 members (excludes halogenated alkanes) is 12. The Morgan fingerprint density at radius 3 is 2.15 bits per heavy atom. The van der Waals surface area contributed by atoms with E-state index in [0.29, 0.717) is 6.42 Å². The van der Waals surface area contributed by atoms with E-state index in [4.69, 9.17) is 20.3 Å². The summed E-state index contributed by atoms with van der Waals surface area (Å²) >= 11 is 0. The highest BCUT2D eigenvalue weighted by Crippen LogP contribution is 2.42. The number of hydrogen-bond donors (Lipinski definition) is 5. The monoisotopic (exact) mass is 585 g/mol. The summed E-state index contributed by atoms with van der Waals surface area (Å²) < 4.78 is 22.8. The number of aliphatic hydroxyl groups excluding tert-OH is 2. The lowest BCUT2D eigenvalue weighted by Crippen LogP contribution is -2.51. The van der Waals surface area contributed by atoms with Gasteiger partial charge in [0.2, 0.25) is 5.72 Å². The van der Waals surface area contributed by atoms with E-state index in [9.17, 15) is 19.6 Å². The average Bonchev–Trinajstić information content (AvgIpc) is 3.46. The number of carbonyl (C=O) groups is 1. The molecule has 0 radical (unpaired) electrons. The van der Waals surface area contributed by atoms with Gasteiger partial charge >= 0.3 is 7.82 Å². The SMILES string of the molecule is CCCCCCCCCCCCCCCC(=O)[C@@]1(n2cnc3c(N)ncnc32)O[C@H](COP(=O)(O)O)[C@@H](O)[C@H]1O. The van der Waals surface area contributed by atoms with E-state index in [1.54, 1.807) is 0 Å². The molecule has 3 heterocycles. The molecule has 2 aromatic heterocycles. The summed E-state index contributed by atoms with van der Waals surface area (Å²) in [7, 11) is -4.89. The zero-order valence-corrected chi connectivity index (χ0v) is 24.1. The normalized spacial score (nSPS) is 23.3. The van der Waals surface area contributed by atoms with Gasteiger partial charge in [0.1, 0.15) is 36.5 Å². The number of nitrogens with two attached hydrogens (primary N) is 1. The van der Waals surface area contributed by atoms with Crippen LogP contribution in [-0.4, -0.2) is 70.2 Å². The van der Waals surface area contributed by atoms with E-state index in [1.165, 1.54) is 68.6 Å². The second-order valence-corrected chi connectivity index (χ2v) is 11.8. The number of nitrogen functional groups attached to an aromatic ring is 1. The van der Waals surface area contributed by atoms with Gasteiger partial charge in [-0.3, -0.25) is 13.9 Å². The summed E-state index contributed by atoms with van der Waals surface area (Å²) in [6.45, 7) is 1.47. The number of carbonyl (C=O) groups excluding carboxylic acids is 1. The molecule has 6 N–H and O–H groups in total. The number of Topliss-reactive ketones (excluding diaryl/α,β-unsaturated/α-hetero) is 1. The first-order valence-electron chi connectivity index (χ1n) is 14.3. The molecule has 1 aliphatic rings. The molecule has 2 aromatic rings. The summed E-state index contributed by atoms with van der Waals surface area (Å²) in [4.78, 5) is 44.0. The minimum absolute atomic E-state index is 0.0356. The fourth-order valence-corrected chi connectivity index (χ4v) is 5.59. The number of fused-ring (bicyclic) bond motifs is 1. The minimum atomic E-state index is -4.89. The Bertz CT molecular complexity index is 1130. The van der Waals surface area contributed by atoms with Crippen LogP contribution in [-0.2, 0) is 24.3 Å². The zero-order chi connectivity index (χ0) is 29.2. The highest BCUT2D eigenvalue weighted by Gasteiger charge is 2.60. The molecule has 1 aliphatic heterocycles. The van der Waals surface area contributed by atoms with Crippen molar-refractivity contribution in [1.82, 2.24) is 19.5 Å². The van der Waals surface area contributed by atoms with Gasteiger partial charge in [0, 0.05) is 6.42 Å². The van der Waals surface area contributed by atoms with Crippen molar-refractivity contribution >= 4 is 30.6 Å². The van der Waals surface area contributed by atoms with Crippen molar-refractivity contribution in [3.8, 4) is 0 Å². The molecule has 0 bridgehead atoms. The van der Waals surface area contributed by atoms with Gasteiger partial charge in [-0.25, -0.2) is 19.5 Å². The molecule has 0 spiro atoms. The van der Waals surface area contributed by atoms with Crippen molar-refractivity contribution in [3.05, 3.63) is 12.7 Å². The number of hydrogen-bond acceptors (Lipinski definition) is 10. The van der Waals surface area contributed by atoms with Gasteiger partial charge in [-0.1, -0.05) is 84.0 Å². The number of nitrogens with zero attached hydrogens (tertiary/aromatic N) is 4. The van der Waals surface area contributed by atoms with Gasteiger partial charge in [-0.05, 0) is 6.42 Å². The van der Waals surface area contributed by atoms with Crippen LogP contribution in [0.5, 0.6) is 0 Å². The zero-order valence-electron chi connectivity index (χ0n) is 23.2. The number of ether oxygens (including phenoxy) is 1. The molecule has 1 saturated heterocycles. The minimum Gasteiger partial charge on any atom is -0.387 e. The van der Waals surface area contributed by atoms with Crippen molar-refractivity contribution in [2.24, 2.45) is 0 Å². The maximum Gasteiger partial charge on any atom is 0.469 e. The molecule has 0 saturated carbocycles. The van der Waals surface area contributed by atoms with Crippen molar-refractivity contribution < 1.29 is 38.6 Å². The van der Waals surface area contributed by atoms with Crippen molar-refractivity contribution in [1.29, 1.82) is 0 Å². The molecular formula is C26H44N5O8P. The van der Waals surface area contributed by atoms with E-state index in [1.807, 2.05) is 0 Å². The third-order valence-electron chi connectivity index (χ3n) is 7.47. The summed E-state index contributed by atoms with van der Waals surface area (Å²) in [6, 6.07) is 0. The predicted octanol–water partition coefficient (Wildman–Crippen LogP) is 3.34. The van der Waals surface area contributed by atoms with E-state index in [-0.39, 0.29) is 23.4 Å². The number of aromatic nitrogens is 4. The first-order chi connectivity index (χ1) is 19.1. The van der Waals surface area contributed by atoms with Gasteiger partial charge < -0.3 is 30.5 Å². The smallest absolute Gasteiger partial charge is 0.387 e. The van der Waals surface area contributed by atoms with E-state index in [0.717, 1.165) is 25.7 Å². The number of rotatable bonds is 19. The second-order valence-electron chi connectivity index (χ2n) is 10.5. The van der Waals surface area contributed by atoms with Gasteiger partial charge in [-0.2, -0.15) is 0 Å². The van der Waals surface area contributed by atoms with Crippen LogP contribution in [0.2, 0.25) is 0 Å². The lowest BCUT2D eigenvalue weighted by Gasteiger charge is -2.32. The number of ketones is 1. The molecule has 3 rings (SSSR count). The number of anilines is 1. The maximum atomic E-state index is 13.7. The Labute approximate surface area is 234 Å². The first kappa shape index (κ1) is 32.5. The Morgan fingerprint density at radius 1 is 1.00 bits per heavy atom. The van der Waals surface area contributed by atoms with Crippen molar-refractivity contribution in [2.75, 3.05) is 12.3 Å². The summed E-state index contributed by atoms with van der Waals surface area (Å²) in [5, 5.41) is 21.8. The third kappa shape index (κ3) is 8.28. The Kier molecular flexibility index (Phi) is 12.4. The number of aliphatic hydroxyl groups is 2. The standard InChI is InChI=1S/C26H44N5O8P/c1-2-3-4-5-6-7-8-9-10-11-12-13-14-15-20(32)26(31-18-30-21-24(27)28-17-29-25(21)31)23(34)22(33)19(39-26)16-38-40(35,36)37/h17-19,22-23,33-34H,2-16H2,1H3,(H2,27,28,29)(H2,35,36,37)/t19-,22-,23-,26-/m1/s1.